The highest BCUT2D eigenvalue weighted by Gasteiger charge is 2.15. The Morgan fingerprint density at radius 3 is 2.79 bits per heavy atom. The quantitative estimate of drug-likeness (QED) is 0.436. The van der Waals surface area contributed by atoms with Gasteiger partial charge in [-0.3, -0.25) is 4.90 Å². The lowest BCUT2D eigenvalue weighted by molar-refractivity contribution is 0.279. The lowest BCUT2D eigenvalue weighted by atomic mass is 10.0. The number of nitrogens with zero attached hydrogens (tertiary/aromatic N) is 3. The summed E-state index contributed by atoms with van der Waals surface area (Å²) in [4.78, 5) is 10.7. The van der Waals surface area contributed by atoms with Crippen LogP contribution >= 0.6 is 11.3 Å². The first-order chi connectivity index (χ1) is 14.2. The van der Waals surface area contributed by atoms with Crippen molar-refractivity contribution < 1.29 is 9.13 Å². The molecule has 29 heavy (non-hydrogen) atoms. The van der Waals surface area contributed by atoms with Crippen LogP contribution in [0.3, 0.4) is 0 Å². The molecule has 0 N–H and O–H groups in total. The minimum absolute atomic E-state index is 0.276. The summed E-state index contributed by atoms with van der Waals surface area (Å²) < 4.78 is 20.3. The van der Waals surface area contributed by atoms with E-state index >= 15 is 0 Å². The number of pyridine rings is 1. The molecule has 6 heteroatoms. The average Bonchev–Trinajstić information content (AvgIpc) is 3.10. The molecule has 0 amide bonds. The molecule has 0 radical (unpaired) electrons. The highest BCUT2D eigenvalue weighted by atomic mass is 32.1. The van der Waals surface area contributed by atoms with Crippen LogP contribution in [-0.4, -0.2) is 28.0 Å². The molecular weight excluding hydrogens is 385 g/mol. The molecule has 4 aromatic rings. The second-order valence-electron chi connectivity index (χ2n) is 7.26. The maximum Gasteiger partial charge on any atom is 0.221 e. The van der Waals surface area contributed by atoms with Crippen LogP contribution in [0.2, 0.25) is 0 Å². The van der Waals surface area contributed by atoms with Gasteiger partial charge in [0.25, 0.3) is 0 Å². The van der Waals surface area contributed by atoms with E-state index in [1.807, 2.05) is 11.6 Å². The predicted molar refractivity (Wildman–Crippen MR) is 113 cm³/mol. The van der Waals surface area contributed by atoms with E-state index in [1.54, 1.807) is 23.5 Å². The van der Waals surface area contributed by atoms with Gasteiger partial charge in [0, 0.05) is 25.7 Å². The van der Waals surface area contributed by atoms with Gasteiger partial charge in [0.05, 0.1) is 15.7 Å². The molecule has 0 aliphatic carbocycles. The van der Waals surface area contributed by atoms with Crippen molar-refractivity contribution >= 4 is 21.6 Å². The van der Waals surface area contributed by atoms with E-state index < -0.39 is 5.95 Å². The Bertz CT molecular complexity index is 1160. The third-order valence-electron chi connectivity index (χ3n) is 5.29. The largest absolute Gasteiger partial charge is 0.439 e. The highest BCUT2D eigenvalue weighted by Crippen LogP contribution is 2.26. The Morgan fingerprint density at radius 2 is 1.90 bits per heavy atom. The molecule has 0 spiro atoms. The van der Waals surface area contributed by atoms with Crippen LogP contribution in [0.25, 0.3) is 10.2 Å². The van der Waals surface area contributed by atoms with Crippen LogP contribution in [0.4, 0.5) is 4.39 Å². The fourth-order valence-electron chi connectivity index (χ4n) is 3.80. The smallest absolute Gasteiger partial charge is 0.221 e. The second kappa shape index (κ2) is 7.89. The first-order valence-corrected chi connectivity index (χ1v) is 10.6. The van der Waals surface area contributed by atoms with Gasteiger partial charge >= 0.3 is 0 Å². The second-order valence-corrected chi connectivity index (χ2v) is 8.15. The van der Waals surface area contributed by atoms with Crippen molar-refractivity contribution in [1.82, 2.24) is 14.9 Å². The van der Waals surface area contributed by atoms with E-state index in [0.717, 1.165) is 38.0 Å². The van der Waals surface area contributed by atoms with Crippen molar-refractivity contribution in [3.63, 3.8) is 0 Å². The molecule has 1 aliphatic heterocycles. The van der Waals surface area contributed by atoms with Crippen molar-refractivity contribution in [2.45, 2.75) is 19.4 Å². The number of fused-ring (bicyclic) bond motifs is 2. The predicted octanol–water partition coefficient (Wildman–Crippen LogP) is 5.22. The zero-order valence-corrected chi connectivity index (χ0v) is 16.7. The lowest BCUT2D eigenvalue weighted by Crippen LogP contribution is -2.25. The minimum Gasteiger partial charge on any atom is -0.439 e. The zero-order chi connectivity index (χ0) is 19.6. The zero-order valence-electron chi connectivity index (χ0n) is 15.8. The molecule has 0 unspecified atom stereocenters. The molecule has 1 aliphatic rings. The molecule has 4 nitrogen and oxygen atoms in total. The molecule has 2 aromatic heterocycles. The van der Waals surface area contributed by atoms with Gasteiger partial charge in [0.2, 0.25) is 11.8 Å². The number of rotatable bonds is 4. The van der Waals surface area contributed by atoms with E-state index in [9.17, 15) is 4.39 Å². The summed E-state index contributed by atoms with van der Waals surface area (Å²) in [6.07, 6.45) is 1.97. The molecule has 0 bridgehead atoms. The third kappa shape index (κ3) is 4.13. The summed E-state index contributed by atoms with van der Waals surface area (Å²) in [6.45, 7) is 2.94. The number of hydrogen-bond acceptors (Lipinski definition) is 5. The first kappa shape index (κ1) is 18.2. The molecule has 5 rings (SSSR count). The van der Waals surface area contributed by atoms with Crippen LogP contribution < -0.4 is 4.74 Å². The average molecular weight is 405 g/mol. The third-order valence-corrected chi connectivity index (χ3v) is 6.10. The molecule has 0 saturated heterocycles. The van der Waals surface area contributed by atoms with Crippen molar-refractivity contribution in [2.75, 3.05) is 13.1 Å². The van der Waals surface area contributed by atoms with E-state index in [2.05, 4.69) is 45.2 Å². The topological polar surface area (TPSA) is 38.2 Å². The number of ether oxygens (including phenoxy) is 1. The standard InChI is InChI=1S/C23H20FN3OS/c24-22-2-1-3-23(26-22)28-19-6-5-17-8-10-27(11-9-18(17)13-19)14-16-4-7-21-20(12-16)25-15-29-21/h1-7,12-13,15H,8-11,14H2. The normalized spacial score (nSPS) is 14.5. The van der Waals surface area contributed by atoms with Gasteiger partial charge in [-0.1, -0.05) is 18.2 Å². The van der Waals surface area contributed by atoms with Gasteiger partial charge < -0.3 is 4.74 Å². The summed E-state index contributed by atoms with van der Waals surface area (Å²) in [7, 11) is 0. The Labute approximate surface area is 172 Å². The van der Waals surface area contributed by atoms with Crippen molar-refractivity contribution in [3.8, 4) is 11.6 Å². The summed E-state index contributed by atoms with van der Waals surface area (Å²) in [6, 6.07) is 17.3. The Morgan fingerprint density at radius 1 is 1.00 bits per heavy atom. The van der Waals surface area contributed by atoms with E-state index in [-0.39, 0.29) is 5.88 Å². The van der Waals surface area contributed by atoms with Crippen LogP contribution in [0.1, 0.15) is 16.7 Å². The number of aromatic nitrogens is 2. The summed E-state index contributed by atoms with van der Waals surface area (Å²) in [5.41, 5.74) is 6.92. The minimum atomic E-state index is -0.538. The number of benzene rings is 2. The number of halogens is 1. The van der Waals surface area contributed by atoms with Crippen LogP contribution in [-0.2, 0) is 19.4 Å². The molecule has 0 fully saturated rings. The highest BCUT2D eigenvalue weighted by molar-refractivity contribution is 7.16. The number of hydrogen-bond donors (Lipinski definition) is 0. The van der Waals surface area contributed by atoms with Crippen LogP contribution in [0.15, 0.2) is 60.1 Å². The fraction of sp³-hybridized carbons (Fsp3) is 0.217. The van der Waals surface area contributed by atoms with E-state index in [0.29, 0.717) is 5.75 Å². The van der Waals surface area contributed by atoms with Crippen LogP contribution in [0.5, 0.6) is 11.6 Å². The first-order valence-electron chi connectivity index (χ1n) is 9.70. The Kier molecular flexibility index (Phi) is 4.96. The molecule has 2 aromatic carbocycles. The molecule has 0 saturated carbocycles. The monoisotopic (exact) mass is 405 g/mol. The number of thiazole rings is 1. The van der Waals surface area contributed by atoms with Gasteiger partial charge in [0.1, 0.15) is 5.75 Å². The van der Waals surface area contributed by atoms with Crippen LogP contribution in [0, 0.1) is 5.95 Å². The maximum atomic E-state index is 13.3. The van der Waals surface area contributed by atoms with Crippen molar-refractivity contribution in [3.05, 3.63) is 82.7 Å². The van der Waals surface area contributed by atoms with E-state index in [1.165, 1.54) is 27.5 Å². The fourth-order valence-corrected chi connectivity index (χ4v) is 4.46. The Balaban J connectivity index is 1.28. The summed E-state index contributed by atoms with van der Waals surface area (Å²) >= 11 is 1.68. The lowest BCUT2D eigenvalue weighted by Gasteiger charge is -2.19. The molecule has 146 valence electrons. The van der Waals surface area contributed by atoms with Gasteiger partial charge in [0.15, 0.2) is 0 Å². The van der Waals surface area contributed by atoms with Gasteiger partial charge in [-0.25, -0.2) is 4.98 Å². The van der Waals surface area contributed by atoms with E-state index in [4.69, 9.17) is 4.74 Å². The van der Waals surface area contributed by atoms with Gasteiger partial charge in [-0.15, -0.1) is 11.3 Å². The summed E-state index contributed by atoms with van der Waals surface area (Å²) in [5, 5.41) is 0. The van der Waals surface area contributed by atoms with Gasteiger partial charge in [-0.05, 0) is 59.9 Å². The molecule has 3 heterocycles. The summed E-state index contributed by atoms with van der Waals surface area (Å²) in [5.74, 6) is 0.436. The maximum absolute atomic E-state index is 13.3. The molecular formula is C23H20FN3OS. The SMILES string of the molecule is Fc1cccc(Oc2ccc3c(c2)CCN(Cc2ccc4scnc4c2)CC3)n1. The molecule has 0 atom stereocenters. The van der Waals surface area contributed by atoms with Gasteiger partial charge in [-0.2, -0.15) is 9.37 Å². The van der Waals surface area contributed by atoms with Crippen molar-refractivity contribution in [2.24, 2.45) is 0 Å². The van der Waals surface area contributed by atoms with Crippen molar-refractivity contribution in [1.29, 1.82) is 0 Å². The Hall–Kier alpha value is -2.83.